The second-order valence-electron chi connectivity index (χ2n) is 5.77. The molecule has 1 unspecified atom stereocenters. The largest absolute Gasteiger partial charge is 0.394 e. The molecule has 3 aromatic rings. The number of fused-ring (bicyclic) bond motifs is 1. The summed E-state index contributed by atoms with van der Waals surface area (Å²) < 4.78 is 1.16. The van der Waals surface area contributed by atoms with Crippen LogP contribution in [0, 0.1) is 0 Å². The van der Waals surface area contributed by atoms with Crippen LogP contribution in [0.3, 0.4) is 0 Å². The SMILES string of the molecule is Nc1ccn(CC(=O)NC(CO)Cc2c[nH]c3ccccc23)c(=O)n1. The molecule has 0 aliphatic rings. The number of rotatable bonds is 6. The topological polar surface area (TPSA) is 126 Å². The van der Waals surface area contributed by atoms with E-state index >= 15 is 0 Å². The van der Waals surface area contributed by atoms with E-state index in [9.17, 15) is 14.7 Å². The van der Waals surface area contributed by atoms with Crippen molar-refractivity contribution in [3.05, 3.63) is 58.8 Å². The smallest absolute Gasteiger partial charge is 0.349 e. The number of aliphatic hydroxyl groups excluding tert-OH is 1. The average Bonchev–Trinajstić information content (AvgIpc) is 3.00. The third-order valence-electron chi connectivity index (χ3n) is 3.94. The molecule has 8 nitrogen and oxygen atoms in total. The number of nitrogens with two attached hydrogens (primary N) is 1. The highest BCUT2D eigenvalue weighted by atomic mass is 16.3. The van der Waals surface area contributed by atoms with Crippen molar-refractivity contribution in [2.75, 3.05) is 12.3 Å². The van der Waals surface area contributed by atoms with E-state index < -0.39 is 11.7 Å². The van der Waals surface area contributed by atoms with Crippen LogP contribution >= 0.6 is 0 Å². The number of amides is 1. The molecule has 1 atom stereocenters. The monoisotopic (exact) mass is 341 g/mol. The normalized spacial score (nSPS) is 12.2. The predicted molar refractivity (Wildman–Crippen MR) is 93.9 cm³/mol. The quantitative estimate of drug-likeness (QED) is 0.503. The number of nitrogen functional groups attached to an aromatic ring is 1. The number of aliphatic hydroxyl groups is 1. The Morgan fingerprint density at radius 2 is 2.16 bits per heavy atom. The van der Waals surface area contributed by atoms with Crippen molar-refractivity contribution in [1.82, 2.24) is 19.9 Å². The zero-order valence-electron chi connectivity index (χ0n) is 13.5. The Morgan fingerprint density at radius 3 is 2.92 bits per heavy atom. The first-order chi connectivity index (χ1) is 12.1. The van der Waals surface area contributed by atoms with Gasteiger partial charge in [-0.15, -0.1) is 0 Å². The van der Waals surface area contributed by atoms with Crippen molar-refractivity contribution in [3.63, 3.8) is 0 Å². The minimum Gasteiger partial charge on any atom is -0.394 e. The number of nitrogens with zero attached hydrogens (tertiary/aromatic N) is 2. The highest BCUT2D eigenvalue weighted by Gasteiger charge is 2.15. The molecule has 2 aromatic heterocycles. The molecule has 0 saturated carbocycles. The summed E-state index contributed by atoms with van der Waals surface area (Å²) in [5.41, 5.74) is 6.83. The van der Waals surface area contributed by atoms with Gasteiger partial charge in [0.1, 0.15) is 12.4 Å². The van der Waals surface area contributed by atoms with Gasteiger partial charge in [-0.1, -0.05) is 18.2 Å². The van der Waals surface area contributed by atoms with Gasteiger partial charge < -0.3 is 21.1 Å². The molecule has 1 aromatic carbocycles. The third kappa shape index (κ3) is 3.86. The van der Waals surface area contributed by atoms with Crippen LogP contribution in [0.2, 0.25) is 0 Å². The molecule has 0 fully saturated rings. The van der Waals surface area contributed by atoms with Gasteiger partial charge in [-0.05, 0) is 24.1 Å². The molecule has 0 spiro atoms. The van der Waals surface area contributed by atoms with Gasteiger partial charge in [0, 0.05) is 23.3 Å². The van der Waals surface area contributed by atoms with E-state index in [-0.39, 0.29) is 24.9 Å². The van der Waals surface area contributed by atoms with Crippen LogP contribution in [0.25, 0.3) is 10.9 Å². The van der Waals surface area contributed by atoms with Gasteiger partial charge in [-0.2, -0.15) is 4.98 Å². The Morgan fingerprint density at radius 1 is 1.36 bits per heavy atom. The summed E-state index contributed by atoms with van der Waals surface area (Å²) in [5, 5.41) is 13.4. The van der Waals surface area contributed by atoms with E-state index in [1.54, 1.807) is 0 Å². The van der Waals surface area contributed by atoms with Crippen LogP contribution in [-0.2, 0) is 17.8 Å². The Balaban J connectivity index is 1.67. The van der Waals surface area contributed by atoms with Crippen LogP contribution in [0.15, 0.2) is 47.5 Å². The zero-order valence-corrected chi connectivity index (χ0v) is 13.5. The number of para-hydroxylation sites is 1. The molecular formula is C17H19N5O3. The second kappa shape index (κ2) is 7.18. The predicted octanol–water partition coefficient (Wildman–Crippen LogP) is 0.0266. The first-order valence-electron chi connectivity index (χ1n) is 7.85. The average molecular weight is 341 g/mol. The Labute approximate surface area is 143 Å². The van der Waals surface area contributed by atoms with Crippen LogP contribution in [0.5, 0.6) is 0 Å². The van der Waals surface area contributed by atoms with Gasteiger partial charge in [0.25, 0.3) is 0 Å². The van der Waals surface area contributed by atoms with Gasteiger partial charge in [0.15, 0.2) is 0 Å². The van der Waals surface area contributed by atoms with Crippen LogP contribution in [0.1, 0.15) is 5.56 Å². The summed E-state index contributed by atoms with van der Waals surface area (Å²) in [6.07, 6.45) is 3.76. The fourth-order valence-corrected chi connectivity index (χ4v) is 2.72. The van der Waals surface area contributed by atoms with Crippen molar-refractivity contribution in [1.29, 1.82) is 0 Å². The van der Waals surface area contributed by atoms with Gasteiger partial charge in [0.05, 0.1) is 12.6 Å². The Hall–Kier alpha value is -3.13. The number of aromatic nitrogens is 3. The molecule has 130 valence electrons. The van der Waals surface area contributed by atoms with E-state index in [2.05, 4.69) is 15.3 Å². The van der Waals surface area contributed by atoms with Crippen LogP contribution < -0.4 is 16.7 Å². The van der Waals surface area contributed by atoms with Crippen molar-refractivity contribution >= 4 is 22.6 Å². The number of nitrogens with one attached hydrogen (secondary N) is 2. The minimum atomic E-state index is -0.590. The maximum Gasteiger partial charge on any atom is 0.349 e. The number of hydrogen-bond donors (Lipinski definition) is 4. The maximum absolute atomic E-state index is 12.2. The van der Waals surface area contributed by atoms with Gasteiger partial charge >= 0.3 is 5.69 Å². The maximum atomic E-state index is 12.2. The number of carbonyl (C=O) groups excluding carboxylic acids is 1. The van der Waals surface area contributed by atoms with E-state index in [0.29, 0.717) is 6.42 Å². The number of aromatic amines is 1. The summed E-state index contributed by atoms with van der Waals surface area (Å²) in [6.45, 7) is -0.392. The third-order valence-corrected chi connectivity index (χ3v) is 3.94. The molecule has 8 heteroatoms. The standard InChI is InChI=1S/C17H19N5O3/c18-15-5-6-22(17(25)21-15)9-16(24)20-12(10-23)7-11-8-19-14-4-2-1-3-13(11)14/h1-6,8,12,19,23H,7,9-10H2,(H,20,24)(H2,18,21,25). The zero-order chi connectivity index (χ0) is 17.8. The molecule has 2 heterocycles. The molecule has 0 radical (unpaired) electrons. The van der Waals surface area contributed by atoms with Crippen molar-refractivity contribution < 1.29 is 9.90 Å². The van der Waals surface area contributed by atoms with E-state index in [1.807, 2.05) is 30.5 Å². The second-order valence-corrected chi connectivity index (χ2v) is 5.77. The molecule has 5 N–H and O–H groups in total. The first-order valence-corrected chi connectivity index (χ1v) is 7.85. The van der Waals surface area contributed by atoms with Gasteiger partial charge in [-0.25, -0.2) is 4.79 Å². The highest BCUT2D eigenvalue weighted by Crippen LogP contribution is 2.19. The van der Waals surface area contributed by atoms with Crippen LogP contribution in [0.4, 0.5) is 5.82 Å². The van der Waals surface area contributed by atoms with E-state index in [0.717, 1.165) is 21.0 Å². The Kier molecular flexibility index (Phi) is 4.80. The molecule has 3 rings (SSSR count). The van der Waals surface area contributed by atoms with Gasteiger partial charge in [-0.3, -0.25) is 9.36 Å². The molecule has 0 bridgehead atoms. The van der Waals surface area contributed by atoms with E-state index in [4.69, 9.17) is 5.73 Å². The molecular weight excluding hydrogens is 322 g/mol. The molecule has 0 aliphatic heterocycles. The van der Waals surface area contributed by atoms with Gasteiger partial charge in [0.2, 0.25) is 5.91 Å². The summed E-state index contributed by atoms with van der Waals surface area (Å²) in [6, 6.07) is 8.82. The fraction of sp³-hybridized carbons (Fsp3) is 0.235. The number of anilines is 1. The highest BCUT2D eigenvalue weighted by molar-refractivity contribution is 5.83. The lowest BCUT2D eigenvalue weighted by Crippen LogP contribution is -2.42. The van der Waals surface area contributed by atoms with Crippen molar-refractivity contribution in [3.8, 4) is 0 Å². The minimum absolute atomic E-state index is 0.106. The molecule has 0 aliphatic carbocycles. The number of benzene rings is 1. The lowest BCUT2D eigenvalue weighted by molar-refractivity contribution is -0.122. The lowest BCUT2D eigenvalue weighted by Gasteiger charge is -2.16. The van der Waals surface area contributed by atoms with E-state index in [1.165, 1.54) is 12.3 Å². The summed E-state index contributed by atoms with van der Waals surface area (Å²) in [4.78, 5) is 30.6. The first kappa shape index (κ1) is 16.7. The number of hydrogen-bond acceptors (Lipinski definition) is 5. The molecule has 1 amide bonds. The fourth-order valence-electron chi connectivity index (χ4n) is 2.72. The number of H-pyrrole nitrogens is 1. The molecule has 0 saturated heterocycles. The van der Waals surface area contributed by atoms with Crippen molar-refractivity contribution in [2.24, 2.45) is 0 Å². The number of carbonyl (C=O) groups is 1. The summed E-state index contributed by atoms with van der Waals surface area (Å²) in [7, 11) is 0. The van der Waals surface area contributed by atoms with Crippen molar-refractivity contribution in [2.45, 2.75) is 19.0 Å². The lowest BCUT2D eigenvalue weighted by atomic mass is 10.1. The Bertz CT molecular complexity index is 947. The molecule has 25 heavy (non-hydrogen) atoms. The summed E-state index contributed by atoms with van der Waals surface area (Å²) in [5.74, 6) is -0.276. The van der Waals surface area contributed by atoms with Crippen LogP contribution in [-0.4, -0.2) is 38.2 Å². The summed E-state index contributed by atoms with van der Waals surface area (Å²) >= 11 is 0.